The summed E-state index contributed by atoms with van der Waals surface area (Å²) in [5.74, 6) is 0. The zero-order valence-corrected chi connectivity index (χ0v) is 10.1. The second-order valence-corrected chi connectivity index (χ2v) is 4.47. The summed E-state index contributed by atoms with van der Waals surface area (Å²) in [6.07, 6.45) is 5.42. The highest BCUT2D eigenvalue weighted by Crippen LogP contribution is 2.10. The highest BCUT2D eigenvalue weighted by Gasteiger charge is 2.12. The molecule has 1 rings (SSSR count). The van der Waals surface area contributed by atoms with Crippen LogP contribution in [-0.4, -0.2) is 38.5 Å². The standard InChI is InChI=1S/C12H25NO2/c1-11(2)15-10-9-14-8-4-6-12-5-3-7-13-12/h11-13H,3-10H2,1-2H3. The van der Waals surface area contributed by atoms with Crippen molar-refractivity contribution in [2.24, 2.45) is 0 Å². The van der Waals surface area contributed by atoms with Crippen LogP contribution in [0.1, 0.15) is 39.5 Å². The Morgan fingerprint density at radius 2 is 2.13 bits per heavy atom. The van der Waals surface area contributed by atoms with Gasteiger partial charge in [0.1, 0.15) is 0 Å². The SMILES string of the molecule is CC(C)OCCOCCCC1CCCN1. The Kier molecular flexibility index (Phi) is 6.98. The van der Waals surface area contributed by atoms with E-state index < -0.39 is 0 Å². The maximum absolute atomic E-state index is 5.49. The summed E-state index contributed by atoms with van der Waals surface area (Å²) >= 11 is 0. The summed E-state index contributed by atoms with van der Waals surface area (Å²) in [6, 6.07) is 0.750. The zero-order valence-electron chi connectivity index (χ0n) is 10.1. The fourth-order valence-electron chi connectivity index (χ4n) is 1.88. The minimum atomic E-state index is 0.316. The molecule has 1 fully saturated rings. The lowest BCUT2D eigenvalue weighted by Gasteiger charge is -2.10. The first-order valence-electron chi connectivity index (χ1n) is 6.22. The third-order valence-corrected chi connectivity index (χ3v) is 2.68. The number of ether oxygens (including phenoxy) is 2. The van der Waals surface area contributed by atoms with Crippen LogP contribution >= 0.6 is 0 Å². The first-order chi connectivity index (χ1) is 7.29. The van der Waals surface area contributed by atoms with Gasteiger partial charge in [0.25, 0.3) is 0 Å². The Balaban J connectivity index is 1.76. The van der Waals surface area contributed by atoms with Gasteiger partial charge in [0.05, 0.1) is 19.3 Å². The molecule has 1 atom stereocenters. The van der Waals surface area contributed by atoms with Gasteiger partial charge in [0, 0.05) is 12.6 Å². The van der Waals surface area contributed by atoms with Gasteiger partial charge in [0.2, 0.25) is 0 Å². The molecule has 0 saturated carbocycles. The van der Waals surface area contributed by atoms with E-state index in [4.69, 9.17) is 9.47 Å². The van der Waals surface area contributed by atoms with Crippen molar-refractivity contribution in [1.29, 1.82) is 0 Å². The predicted octanol–water partition coefficient (Wildman–Crippen LogP) is 1.96. The van der Waals surface area contributed by atoms with Crippen molar-refractivity contribution in [3.05, 3.63) is 0 Å². The molecule has 0 aliphatic carbocycles. The van der Waals surface area contributed by atoms with Crippen LogP contribution in [0.3, 0.4) is 0 Å². The van der Waals surface area contributed by atoms with Crippen molar-refractivity contribution >= 4 is 0 Å². The van der Waals surface area contributed by atoms with E-state index in [1.807, 2.05) is 13.8 Å². The third kappa shape index (κ3) is 6.88. The topological polar surface area (TPSA) is 30.5 Å². The van der Waals surface area contributed by atoms with E-state index in [1.165, 1.54) is 32.2 Å². The first kappa shape index (κ1) is 12.9. The molecule has 0 radical (unpaired) electrons. The summed E-state index contributed by atoms with van der Waals surface area (Å²) in [5, 5.41) is 3.49. The molecular weight excluding hydrogens is 190 g/mol. The van der Waals surface area contributed by atoms with Crippen LogP contribution in [0.15, 0.2) is 0 Å². The summed E-state index contributed by atoms with van der Waals surface area (Å²) in [5.41, 5.74) is 0. The highest BCUT2D eigenvalue weighted by molar-refractivity contribution is 4.73. The van der Waals surface area contributed by atoms with Crippen LogP contribution in [0.25, 0.3) is 0 Å². The van der Waals surface area contributed by atoms with Crippen LogP contribution in [0, 0.1) is 0 Å². The summed E-state index contributed by atoms with van der Waals surface area (Å²) in [4.78, 5) is 0. The van der Waals surface area contributed by atoms with Crippen molar-refractivity contribution < 1.29 is 9.47 Å². The van der Waals surface area contributed by atoms with E-state index in [2.05, 4.69) is 5.32 Å². The second-order valence-electron chi connectivity index (χ2n) is 4.47. The molecule has 0 spiro atoms. The molecule has 0 aromatic carbocycles. The van der Waals surface area contributed by atoms with E-state index >= 15 is 0 Å². The molecule has 1 unspecified atom stereocenters. The monoisotopic (exact) mass is 215 g/mol. The Morgan fingerprint density at radius 3 is 2.80 bits per heavy atom. The molecule has 1 aliphatic rings. The largest absolute Gasteiger partial charge is 0.379 e. The lowest BCUT2D eigenvalue weighted by atomic mass is 10.1. The highest BCUT2D eigenvalue weighted by atomic mass is 16.5. The van der Waals surface area contributed by atoms with Gasteiger partial charge in [-0.05, 0) is 46.1 Å². The van der Waals surface area contributed by atoms with Gasteiger partial charge in [-0.15, -0.1) is 0 Å². The van der Waals surface area contributed by atoms with Gasteiger partial charge >= 0.3 is 0 Å². The van der Waals surface area contributed by atoms with E-state index in [1.54, 1.807) is 0 Å². The lowest BCUT2D eigenvalue weighted by Crippen LogP contribution is -2.21. The molecular formula is C12H25NO2. The molecule has 0 bridgehead atoms. The first-order valence-corrected chi connectivity index (χ1v) is 6.22. The van der Waals surface area contributed by atoms with E-state index in [0.29, 0.717) is 6.10 Å². The molecule has 1 heterocycles. The van der Waals surface area contributed by atoms with Crippen LogP contribution < -0.4 is 5.32 Å². The van der Waals surface area contributed by atoms with E-state index in [9.17, 15) is 0 Å². The lowest BCUT2D eigenvalue weighted by molar-refractivity contribution is 0.0184. The van der Waals surface area contributed by atoms with Crippen LogP contribution in [-0.2, 0) is 9.47 Å². The number of hydrogen-bond acceptors (Lipinski definition) is 3. The minimum Gasteiger partial charge on any atom is -0.379 e. The average molecular weight is 215 g/mol. The van der Waals surface area contributed by atoms with Crippen molar-refractivity contribution in [3.8, 4) is 0 Å². The van der Waals surface area contributed by atoms with Crippen LogP contribution in [0.2, 0.25) is 0 Å². The smallest absolute Gasteiger partial charge is 0.0703 e. The van der Waals surface area contributed by atoms with Crippen molar-refractivity contribution in [2.75, 3.05) is 26.4 Å². The van der Waals surface area contributed by atoms with E-state index in [0.717, 1.165) is 25.9 Å². The average Bonchev–Trinajstić information content (AvgIpc) is 2.68. The number of hydrogen-bond donors (Lipinski definition) is 1. The van der Waals surface area contributed by atoms with Gasteiger partial charge in [-0.2, -0.15) is 0 Å². The van der Waals surface area contributed by atoms with Gasteiger partial charge in [-0.1, -0.05) is 0 Å². The quantitative estimate of drug-likeness (QED) is 0.628. The molecule has 3 nitrogen and oxygen atoms in total. The van der Waals surface area contributed by atoms with Crippen molar-refractivity contribution in [1.82, 2.24) is 5.32 Å². The number of rotatable bonds is 8. The van der Waals surface area contributed by atoms with Crippen LogP contribution in [0.4, 0.5) is 0 Å². The van der Waals surface area contributed by atoms with Crippen LogP contribution in [0.5, 0.6) is 0 Å². The summed E-state index contributed by atoms with van der Waals surface area (Å²) in [6.45, 7) is 7.63. The van der Waals surface area contributed by atoms with Crippen molar-refractivity contribution in [2.45, 2.75) is 51.7 Å². The summed E-state index contributed by atoms with van der Waals surface area (Å²) in [7, 11) is 0. The van der Waals surface area contributed by atoms with E-state index in [-0.39, 0.29) is 0 Å². The predicted molar refractivity (Wildman–Crippen MR) is 62.2 cm³/mol. The fourth-order valence-corrected chi connectivity index (χ4v) is 1.88. The molecule has 1 saturated heterocycles. The maximum atomic E-state index is 5.49. The zero-order chi connectivity index (χ0) is 10.9. The third-order valence-electron chi connectivity index (χ3n) is 2.68. The molecule has 0 aromatic heterocycles. The molecule has 15 heavy (non-hydrogen) atoms. The molecule has 0 aromatic rings. The Bertz CT molecular complexity index is 145. The van der Waals surface area contributed by atoms with Gasteiger partial charge in [-0.3, -0.25) is 0 Å². The number of nitrogens with one attached hydrogen (secondary N) is 1. The maximum Gasteiger partial charge on any atom is 0.0703 e. The Hall–Kier alpha value is -0.120. The molecule has 1 aliphatic heterocycles. The van der Waals surface area contributed by atoms with Gasteiger partial charge in [-0.25, -0.2) is 0 Å². The summed E-state index contributed by atoms with van der Waals surface area (Å²) < 4.78 is 10.9. The Labute approximate surface area is 93.5 Å². The second kappa shape index (κ2) is 8.08. The van der Waals surface area contributed by atoms with Crippen molar-refractivity contribution in [3.63, 3.8) is 0 Å². The Morgan fingerprint density at radius 1 is 1.27 bits per heavy atom. The minimum absolute atomic E-state index is 0.316. The van der Waals surface area contributed by atoms with Gasteiger partial charge in [0.15, 0.2) is 0 Å². The van der Waals surface area contributed by atoms with Gasteiger partial charge < -0.3 is 14.8 Å². The fraction of sp³-hybridized carbons (Fsp3) is 1.00. The molecule has 1 N–H and O–H groups in total. The molecule has 0 amide bonds. The molecule has 3 heteroatoms. The molecule has 90 valence electrons. The normalized spacial score (nSPS) is 21.4.